The van der Waals surface area contributed by atoms with Gasteiger partial charge in [0.1, 0.15) is 0 Å². The van der Waals surface area contributed by atoms with E-state index in [4.69, 9.17) is 4.42 Å². The Bertz CT molecular complexity index is 552. The van der Waals surface area contributed by atoms with E-state index in [2.05, 4.69) is 22.1 Å². The van der Waals surface area contributed by atoms with Crippen molar-refractivity contribution in [3.63, 3.8) is 0 Å². The standard InChI is InChI=1S/C14H20N4OS/c1-17-7-3-5-11(9-17)10-20-14-16-15-13(18(14)2)12-6-4-8-19-12/h4,6,8,11H,3,5,7,9-10H2,1-2H3. The minimum absolute atomic E-state index is 0.752. The summed E-state index contributed by atoms with van der Waals surface area (Å²) in [6.45, 7) is 2.42. The zero-order chi connectivity index (χ0) is 13.9. The van der Waals surface area contributed by atoms with Crippen LogP contribution in [0.5, 0.6) is 0 Å². The smallest absolute Gasteiger partial charge is 0.200 e. The Labute approximate surface area is 123 Å². The van der Waals surface area contributed by atoms with Crippen molar-refractivity contribution in [2.75, 3.05) is 25.9 Å². The number of thioether (sulfide) groups is 1. The van der Waals surface area contributed by atoms with Crippen LogP contribution in [0.15, 0.2) is 28.0 Å². The van der Waals surface area contributed by atoms with E-state index in [1.54, 1.807) is 18.0 Å². The molecule has 1 atom stereocenters. The number of nitrogens with zero attached hydrogens (tertiary/aromatic N) is 4. The van der Waals surface area contributed by atoms with Crippen LogP contribution in [0.2, 0.25) is 0 Å². The number of furan rings is 1. The van der Waals surface area contributed by atoms with Gasteiger partial charge in [0.05, 0.1) is 6.26 Å². The molecule has 0 saturated carbocycles. The molecule has 2 aromatic heterocycles. The van der Waals surface area contributed by atoms with E-state index in [1.165, 1.54) is 25.9 Å². The Morgan fingerprint density at radius 2 is 2.30 bits per heavy atom. The maximum absolute atomic E-state index is 5.38. The quantitative estimate of drug-likeness (QED) is 0.810. The molecule has 1 unspecified atom stereocenters. The third-order valence-electron chi connectivity index (χ3n) is 3.75. The SMILES string of the molecule is CN1CCCC(CSc2nnc(-c3ccco3)n2C)C1. The van der Waals surface area contributed by atoms with Gasteiger partial charge in [0.25, 0.3) is 0 Å². The van der Waals surface area contributed by atoms with Crippen molar-refractivity contribution in [3.05, 3.63) is 18.4 Å². The van der Waals surface area contributed by atoms with E-state index in [-0.39, 0.29) is 0 Å². The molecule has 2 aromatic rings. The van der Waals surface area contributed by atoms with E-state index in [1.807, 2.05) is 23.7 Å². The fourth-order valence-corrected chi connectivity index (χ4v) is 3.70. The molecule has 1 aliphatic rings. The average molecular weight is 292 g/mol. The van der Waals surface area contributed by atoms with Gasteiger partial charge in [-0.25, -0.2) is 0 Å². The molecule has 0 aromatic carbocycles. The Hall–Kier alpha value is -1.27. The second kappa shape index (κ2) is 6.01. The van der Waals surface area contributed by atoms with Gasteiger partial charge < -0.3 is 13.9 Å². The van der Waals surface area contributed by atoms with Crippen LogP contribution in [0.1, 0.15) is 12.8 Å². The van der Waals surface area contributed by atoms with Crippen LogP contribution >= 0.6 is 11.8 Å². The minimum Gasteiger partial charge on any atom is -0.461 e. The fourth-order valence-electron chi connectivity index (χ4n) is 2.66. The predicted molar refractivity (Wildman–Crippen MR) is 79.7 cm³/mol. The van der Waals surface area contributed by atoms with Crippen molar-refractivity contribution in [3.8, 4) is 11.6 Å². The molecule has 1 aliphatic heterocycles. The number of likely N-dealkylation sites (tertiary alicyclic amines) is 1. The van der Waals surface area contributed by atoms with Crippen LogP contribution in [0, 0.1) is 5.92 Å². The van der Waals surface area contributed by atoms with Gasteiger partial charge in [0.2, 0.25) is 0 Å². The minimum atomic E-state index is 0.752. The second-order valence-corrected chi connectivity index (χ2v) is 6.41. The van der Waals surface area contributed by atoms with Crippen LogP contribution in [-0.2, 0) is 7.05 Å². The van der Waals surface area contributed by atoms with Gasteiger partial charge in [-0.3, -0.25) is 0 Å². The predicted octanol–water partition coefficient (Wildman–Crippen LogP) is 2.51. The Balaban J connectivity index is 1.63. The highest BCUT2D eigenvalue weighted by Gasteiger charge is 2.19. The van der Waals surface area contributed by atoms with Crippen molar-refractivity contribution in [1.29, 1.82) is 0 Å². The van der Waals surface area contributed by atoms with Gasteiger partial charge in [-0.1, -0.05) is 11.8 Å². The maximum atomic E-state index is 5.38. The van der Waals surface area contributed by atoms with E-state index in [0.29, 0.717) is 0 Å². The van der Waals surface area contributed by atoms with E-state index >= 15 is 0 Å². The summed E-state index contributed by atoms with van der Waals surface area (Å²) in [5, 5.41) is 9.46. The summed E-state index contributed by atoms with van der Waals surface area (Å²) in [6, 6.07) is 3.78. The Kier molecular flexibility index (Phi) is 4.12. The number of piperidine rings is 1. The van der Waals surface area contributed by atoms with E-state index < -0.39 is 0 Å². The largest absolute Gasteiger partial charge is 0.461 e. The van der Waals surface area contributed by atoms with Crippen LogP contribution < -0.4 is 0 Å². The molecule has 20 heavy (non-hydrogen) atoms. The van der Waals surface area contributed by atoms with Crippen molar-refractivity contribution < 1.29 is 4.42 Å². The lowest BCUT2D eigenvalue weighted by molar-refractivity contribution is 0.224. The van der Waals surface area contributed by atoms with Gasteiger partial charge in [0, 0.05) is 19.3 Å². The Morgan fingerprint density at radius 3 is 3.05 bits per heavy atom. The molecule has 0 bridgehead atoms. The fraction of sp³-hybridized carbons (Fsp3) is 0.571. The lowest BCUT2D eigenvalue weighted by Crippen LogP contribution is -2.33. The lowest BCUT2D eigenvalue weighted by atomic mass is 10.0. The monoisotopic (exact) mass is 292 g/mol. The molecular formula is C14H20N4OS. The summed E-state index contributed by atoms with van der Waals surface area (Å²) < 4.78 is 7.39. The summed E-state index contributed by atoms with van der Waals surface area (Å²) in [5.41, 5.74) is 0. The number of hydrogen-bond donors (Lipinski definition) is 0. The summed E-state index contributed by atoms with van der Waals surface area (Å²) in [5.74, 6) is 3.42. The first-order chi connectivity index (χ1) is 9.74. The normalized spacial score (nSPS) is 20.4. The summed E-state index contributed by atoms with van der Waals surface area (Å²) >= 11 is 1.79. The first-order valence-electron chi connectivity index (χ1n) is 6.98. The first-order valence-corrected chi connectivity index (χ1v) is 7.97. The van der Waals surface area contributed by atoms with Crippen molar-refractivity contribution in [2.24, 2.45) is 13.0 Å². The highest BCUT2D eigenvalue weighted by atomic mass is 32.2. The number of aromatic nitrogens is 3. The van der Waals surface area contributed by atoms with Crippen LogP contribution in [0.4, 0.5) is 0 Å². The molecule has 5 nitrogen and oxygen atoms in total. The van der Waals surface area contributed by atoms with E-state index in [9.17, 15) is 0 Å². The van der Waals surface area contributed by atoms with Crippen LogP contribution in [0.25, 0.3) is 11.6 Å². The molecule has 1 fully saturated rings. The molecular weight excluding hydrogens is 272 g/mol. The second-order valence-electron chi connectivity index (χ2n) is 5.42. The molecule has 108 valence electrons. The van der Waals surface area contributed by atoms with Crippen molar-refractivity contribution in [1.82, 2.24) is 19.7 Å². The average Bonchev–Trinajstić information content (AvgIpc) is 3.06. The zero-order valence-electron chi connectivity index (χ0n) is 12.0. The number of hydrogen-bond acceptors (Lipinski definition) is 5. The van der Waals surface area contributed by atoms with Crippen LogP contribution in [0.3, 0.4) is 0 Å². The molecule has 0 radical (unpaired) electrons. The molecule has 3 heterocycles. The van der Waals surface area contributed by atoms with E-state index in [0.717, 1.165) is 28.4 Å². The van der Waals surface area contributed by atoms with Gasteiger partial charge >= 0.3 is 0 Å². The van der Waals surface area contributed by atoms with Crippen LogP contribution in [-0.4, -0.2) is 45.6 Å². The van der Waals surface area contributed by atoms with Gasteiger partial charge in [-0.05, 0) is 44.5 Å². The van der Waals surface area contributed by atoms with Crippen molar-refractivity contribution >= 4 is 11.8 Å². The first kappa shape index (κ1) is 13.7. The maximum Gasteiger partial charge on any atom is 0.200 e. The summed E-state index contributed by atoms with van der Waals surface area (Å²) in [4.78, 5) is 2.42. The highest BCUT2D eigenvalue weighted by molar-refractivity contribution is 7.99. The molecule has 0 amide bonds. The molecule has 6 heteroatoms. The third kappa shape index (κ3) is 2.91. The lowest BCUT2D eigenvalue weighted by Gasteiger charge is -2.29. The highest BCUT2D eigenvalue weighted by Crippen LogP contribution is 2.26. The molecule has 0 N–H and O–H groups in total. The zero-order valence-corrected chi connectivity index (χ0v) is 12.8. The number of rotatable bonds is 4. The van der Waals surface area contributed by atoms with Gasteiger partial charge in [0.15, 0.2) is 16.7 Å². The molecule has 1 saturated heterocycles. The summed E-state index contributed by atoms with van der Waals surface area (Å²) in [7, 11) is 4.20. The molecule has 3 rings (SSSR count). The third-order valence-corrected chi connectivity index (χ3v) is 5.00. The van der Waals surface area contributed by atoms with Gasteiger partial charge in [-0.2, -0.15) is 0 Å². The molecule has 0 aliphatic carbocycles. The van der Waals surface area contributed by atoms with Crippen molar-refractivity contribution in [2.45, 2.75) is 18.0 Å². The summed E-state index contributed by atoms with van der Waals surface area (Å²) in [6.07, 6.45) is 4.28. The Morgan fingerprint density at radius 1 is 1.40 bits per heavy atom. The van der Waals surface area contributed by atoms with Gasteiger partial charge in [-0.15, -0.1) is 10.2 Å². The molecule has 0 spiro atoms. The topological polar surface area (TPSA) is 47.1 Å².